The summed E-state index contributed by atoms with van der Waals surface area (Å²) in [5, 5.41) is 22.0. The van der Waals surface area contributed by atoms with Crippen molar-refractivity contribution in [3.8, 4) is 0 Å². The molecule has 0 aromatic heterocycles. The Labute approximate surface area is 163 Å². The Morgan fingerprint density at radius 2 is 1.39 bits per heavy atom. The zero-order chi connectivity index (χ0) is 20.4. The fourth-order valence-electron chi connectivity index (χ4n) is 3.16. The summed E-state index contributed by atoms with van der Waals surface area (Å²) < 4.78 is 13.1. The van der Waals surface area contributed by atoms with Crippen LogP contribution in [0.5, 0.6) is 0 Å². The summed E-state index contributed by atoms with van der Waals surface area (Å²) in [7, 11) is 0. The van der Waals surface area contributed by atoms with Crippen molar-refractivity contribution in [3.05, 3.63) is 68.0 Å². The third-order valence-electron chi connectivity index (χ3n) is 4.48. The van der Waals surface area contributed by atoms with E-state index in [1.54, 1.807) is 17.0 Å². The van der Waals surface area contributed by atoms with Crippen LogP contribution in [0.25, 0.3) is 0 Å². The number of piperazine rings is 1. The van der Waals surface area contributed by atoms with Crippen LogP contribution in [0.4, 0.5) is 27.1 Å². The molecular formula is C17H14ClFN4O5. The molecule has 0 aliphatic carbocycles. The maximum Gasteiger partial charge on any atom is 0.300 e. The Bertz CT molecular complexity index is 910. The lowest BCUT2D eigenvalue weighted by molar-refractivity contribution is -0.392. The standard InChI is InChI=1S/C17H14ClFN4O5/c18-17(24)11-9-14(22(25)26)16(15(10-11)23(27)28)21-7-5-20(6-8-21)13-3-1-12(19)2-4-13/h1-4,9-10H,5-8H2. The number of benzene rings is 2. The maximum absolute atomic E-state index is 13.1. The van der Waals surface area contributed by atoms with Gasteiger partial charge in [-0.1, -0.05) is 0 Å². The predicted octanol–water partition coefficient (Wildman–Crippen LogP) is 3.35. The normalized spacial score (nSPS) is 14.1. The number of nitrogens with zero attached hydrogens (tertiary/aromatic N) is 4. The van der Waals surface area contributed by atoms with Crippen LogP contribution in [0.2, 0.25) is 0 Å². The lowest BCUT2D eigenvalue weighted by Crippen LogP contribution is -2.46. The van der Waals surface area contributed by atoms with E-state index in [1.165, 1.54) is 12.1 Å². The van der Waals surface area contributed by atoms with Gasteiger partial charge in [-0.25, -0.2) is 4.39 Å². The van der Waals surface area contributed by atoms with Crippen LogP contribution >= 0.6 is 11.6 Å². The number of anilines is 2. The van der Waals surface area contributed by atoms with Crippen LogP contribution in [-0.4, -0.2) is 41.3 Å². The minimum absolute atomic E-state index is 0.157. The molecule has 0 saturated carbocycles. The molecule has 0 atom stereocenters. The van der Waals surface area contributed by atoms with E-state index in [0.717, 1.165) is 17.8 Å². The third kappa shape index (κ3) is 3.86. The second-order valence-corrected chi connectivity index (χ2v) is 6.44. The molecule has 0 radical (unpaired) electrons. The molecule has 0 amide bonds. The molecule has 1 aliphatic rings. The number of nitro groups is 2. The van der Waals surface area contributed by atoms with Gasteiger partial charge >= 0.3 is 0 Å². The number of hydrogen-bond acceptors (Lipinski definition) is 7. The van der Waals surface area contributed by atoms with Crippen LogP contribution < -0.4 is 9.80 Å². The van der Waals surface area contributed by atoms with Crippen molar-refractivity contribution in [2.45, 2.75) is 0 Å². The Hall–Kier alpha value is -3.27. The summed E-state index contributed by atoms with van der Waals surface area (Å²) in [5.41, 5.74) is -0.779. The summed E-state index contributed by atoms with van der Waals surface area (Å²) in [4.78, 5) is 36.3. The lowest BCUT2D eigenvalue weighted by Gasteiger charge is -2.36. The van der Waals surface area contributed by atoms with Crippen molar-refractivity contribution in [1.82, 2.24) is 0 Å². The average molecular weight is 409 g/mol. The van der Waals surface area contributed by atoms with E-state index in [2.05, 4.69) is 0 Å². The first-order valence-electron chi connectivity index (χ1n) is 8.20. The van der Waals surface area contributed by atoms with Gasteiger partial charge in [0.15, 0.2) is 5.69 Å². The van der Waals surface area contributed by atoms with E-state index in [-0.39, 0.29) is 30.2 Å². The van der Waals surface area contributed by atoms with Crippen molar-refractivity contribution < 1.29 is 19.0 Å². The molecule has 0 spiro atoms. The van der Waals surface area contributed by atoms with E-state index >= 15 is 0 Å². The molecule has 0 N–H and O–H groups in total. The van der Waals surface area contributed by atoms with Gasteiger partial charge < -0.3 is 9.80 Å². The van der Waals surface area contributed by atoms with Crippen LogP contribution in [0.3, 0.4) is 0 Å². The Kier molecular flexibility index (Phi) is 5.41. The molecule has 1 heterocycles. The molecular weight excluding hydrogens is 395 g/mol. The van der Waals surface area contributed by atoms with Gasteiger partial charge in [0.1, 0.15) is 5.82 Å². The molecule has 2 aromatic rings. The minimum Gasteiger partial charge on any atom is -0.368 e. The SMILES string of the molecule is O=C(Cl)c1cc([N+](=O)[O-])c(N2CCN(c3ccc(F)cc3)CC2)c([N+](=O)[O-])c1. The highest BCUT2D eigenvalue weighted by molar-refractivity contribution is 6.67. The van der Waals surface area contributed by atoms with Crippen LogP contribution in [-0.2, 0) is 0 Å². The summed E-state index contributed by atoms with van der Waals surface area (Å²) in [5.74, 6) is -0.359. The molecule has 0 bridgehead atoms. The van der Waals surface area contributed by atoms with Gasteiger partial charge in [0.05, 0.1) is 9.85 Å². The minimum atomic E-state index is -1.01. The first-order valence-corrected chi connectivity index (χ1v) is 8.58. The van der Waals surface area contributed by atoms with E-state index in [9.17, 15) is 29.4 Å². The van der Waals surface area contributed by atoms with E-state index in [4.69, 9.17) is 11.6 Å². The van der Waals surface area contributed by atoms with Crippen LogP contribution in [0, 0.1) is 26.0 Å². The number of halogens is 2. The van der Waals surface area contributed by atoms with Crippen molar-refractivity contribution in [1.29, 1.82) is 0 Å². The Morgan fingerprint density at radius 1 is 0.929 bits per heavy atom. The first-order chi connectivity index (χ1) is 13.3. The van der Waals surface area contributed by atoms with Gasteiger partial charge in [-0.05, 0) is 35.9 Å². The van der Waals surface area contributed by atoms with Crippen molar-refractivity contribution >= 4 is 39.6 Å². The van der Waals surface area contributed by atoms with E-state index in [0.29, 0.717) is 13.1 Å². The molecule has 3 rings (SSSR count). The number of hydrogen-bond donors (Lipinski definition) is 0. The number of nitro benzene ring substituents is 2. The number of carbonyl (C=O) groups is 1. The fourth-order valence-corrected chi connectivity index (χ4v) is 3.27. The lowest BCUT2D eigenvalue weighted by atomic mass is 10.1. The largest absolute Gasteiger partial charge is 0.368 e. The maximum atomic E-state index is 13.1. The van der Waals surface area contributed by atoms with E-state index < -0.39 is 26.5 Å². The molecule has 1 aliphatic heterocycles. The van der Waals surface area contributed by atoms with Gasteiger partial charge in [0, 0.05) is 49.6 Å². The number of carbonyl (C=O) groups excluding carboxylic acids is 1. The van der Waals surface area contributed by atoms with Gasteiger partial charge in [-0.2, -0.15) is 0 Å². The Balaban J connectivity index is 1.93. The number of rotatable bonds is 5. The molecule has 2 aromatic carbocycles. The summed E-state index contributed by atoms with van der Waals surface area (Å²) >= 11 is 5.36. The second-order valence-electron chi connectivity index (χ2n) is 6.10. The van der Waals surface area contributed by atoms with Crippen molar-refractivity contribution in [3.63, 3.8) is 0 Å². The zero-order valence-corrected chi connectivity index (χ0v) is 15.1. The highest BCUT2D eigenvalue weighted by Gasteiger charge is 2.33. The van der Waals surface area contributed by atoms with Gasteiger partial charge in [0.25, 0.3) is 16.6 Å². The molecule has 146 valence electrons. The molecule has 1 saturated heterocycles. The fraction of sp³-hybridized carbons (Fsp3) is 0.235. The van der Waals surface area contributed by atoms with Crippen LogP contribution in [0.1, 0.15) is 10.4 Å². The molecule has 0 unspecified atom stereocenters. The van der Waals surface area contributed by atoms with Gasteiger partial charge in [-0.15, -0.1) is 0 Å². The summed E-state index contributed by atoms with van der Waals surface area (Å²) in [6.45, 7) is 1.40. The molecule has 28 heavy (non-hydrogen) atoms. The highest BCUT2D eigenvalue weighted by atomic mass is 35.5. The zero-order valence-electron chi connectivity index (χ0n) is 14.4. The third-order valence-corrected chi connectivity index (χ3v) is 4.70. The quantitative estimate of drug-likeness (QED) is 0.424. The topological polar surface area (TPSA) is 110 Å². The molecule has 11 heteroatoms. The van der Waals surface area contributed by atoms with Crippen molar-refractivity contribution in [2.24, 2.45) is 0 Å². The smallest absolute Gasteiger partial charge is 0.300 e. The van der Waals surface area contributed by atoms with Gasteiger partial charge in [0.2, 0.25) is 0 Å². The second kappa shape index (κ2) is 7.77. The summed E-state index contributed by atoms with van der Waals surface area (Å²) in [6, 6.07) is 7.81. The molecule has 1 fully saturated rings. The predicted molar refractivity (Wildman–Crippen MR) is 101 cm³/mol. The summed E-state index contributed by atoms with van der Waals surface area (Å²) in [6.07, 6.45) is 0. The average Bonchev–Trinajstić information content (AvgIpc) is 2.67. The monoisotopic (exact) mass is 408 g/mol. The van der Waals surface area contributed by atoms with E-state index in [1.807, 2.05) is 4.90 Å². The Morgan fingerprint density at radius 3 is 1.82 bits per heavy atom. The van der Waals surface area contributed by atoms with Crippen LogP contribution in [0.15, 0.2) is 36.4 Å². The highest BCUT2D eigenvalue weighted by Crippen LogP contribution is 2.39. The van der Waals surface area contributed by atoms with Crippen molar-refractivity contribution in [2.75, 3.05) is 36.0 Å². The molecule has 9 nitrogen and oxygen atoms in total. The van der Waals surface area contributed by atoms with Gasteiger partial charge in [-0.3, -0.25) is 25.0 Å². The first kappa shape index (κ1) is 19.5.